The monoisotopic (exact) mass is 454 g/mol. The second kappa shape index (κ2) is 9.17. The summed E-state index contributed by atoms with van der Waals surface area (Å²) in [5, 5.41) is 21.5. The van der Waals surface area contributed by atoms with Crippen molar-refractivity contribution >= 4 is 21.8 Å². The van der Waals surface area contributed by atoms with Crippen LogP contribution in [0.2, 0.25) is 0 Å². The fraction of sp³-hybridized carbons (Fsp3) is 0.179. The summed E-state index contributed by atoms with van der Waals surface area (Å²) in [6.45, 7) is 0.0444. The molecule has 0 fully saturated rings. The van der Waals surface area contributed by atoms with Crippen molar-refractivity contribution < 1.29 is 14.9 Å². The summed E-state index contributed by atoms with van der Waals surface area (Å²) >= 11 is 0. The number of aliphatic hydroxyl groups is 2. The standard InChI is InChI=1S/C28H26N2O4/c1-34-25-14-8-13-22-23-15-24(20-11-6-3-7-12-20)29(17-21(32)18-31)28(33)27(23)30(26(22)25)16-19-9-4-2-5-10-19/h2-15,21,31-32H,16-18H2,1H3. The Morgan fingerprint density at radius 1 is 0.853 bits per heavy atom. The topological polar surface area (TPSA) is 76.6 Å². The zero-order chi connectivity index (χ0) is 23.7. The van der Waals surface area contributed by atoms with Crippen LogP contribution in [0.4, 0.5) is 0 Å². The van der Waals surface area contributed by atoms with Crippen LogP contribution in [-0.4, -0.2) is 39.2 Å². The van der Waals surface area contributed by atoms with Crippen LogP contribution < -0.4 is 10.3 Å². The molecule has 6 heteroatoms. The predicted molar refractivity (Wildman–Crippen MR) is 134 cm³/mol. The molecular weight excluding hydrogens is 428 g/mol. The van der Waals surface area contributed by atoms with Gasteiger partial charge in [-0.2, -0.15) is 0 Å². The second-order valence-electron chi connectivity index (χ2n) is 8.34. The van der Waals surface area contributed by atoms with Gasteiger partial charge in [0.15, 0.2) is 0 Å². The number of para-hydroxylation sites is 1. The van der Waals surface area contributed by atoms with Crippen LogP contribution in [0, 0.1) is 0 Å². The number of fused-ring (bicyclic) bond motifs is 3. The summed E-state index contributed by atoms with van der Waals surface area (Å²) in [5.41, 5.74) is 3.76. The summed E-state index contributed by atoms with van der Waals surface area (Å²) in [4.78, 5) is 14.1. The van der Waals surface area contributed by atoms with Gasteiger partial charge in [-0.1, -0.05) is 72.8 Å². The molecule has 2 heterocycles. The van der Waals surface area contributed by atoms with Crippen LogP contribution in [0.3, 0.4) is 0 Å². The minimum Gasteiger partial charge on any atom is -0.495 e. The zero-order valence-electron chi connectivity index (χ0n) is 18.9. The van der Waals surface area contributed by atoms with Crippen molar-refractivity contribution in [2.45, 2.75) is 19.2 Å². The first-order valence-electron chi connectivity index (χ1n) is 11.2. The highest BCUT2D eigenvalue weighted by Crippen LogP contribution is 2.36. The maximum Gasteiger partial charge on any atom is 0.275 e. The van der Waals surface area contributed by atoms with Crippen molar-refractivity contribution in [3.05, 3.63) is 101 Å². The number of pyridine rings is 1. The lowest BCUT2D eigenvalue weighted by molar-refractivity contribution is 0.0809. The number of aliphatic hydroxyl groups excluding tert-OH is 2. The summed E-state index contributed by atoms with van der Waals surface area (Å²) in [7, 11) is 1.63. The van der Waals surface area contributed by atoms with Gasteiger partial charge in [-0.05, 0) is 23.3 Å². The van der Waals surface area contributed by atoms with Gasteiger partial charge >= 0.3 is 0 Å². The van der Waals surface area contributed by atoms with E-state index in [0.29, 0.717) is 23.5 Å². The maximum absolute atomic E-state index is 14.1. The van der Waals surface area contributed by atoms with E-state index in [0.717, 1.165) is 27.4 Å². The largest absolute Gasteiger partial charge is 0.495 e. The van der Waals surface area contributed by atoms with Gasteiger partial charge in [-0.15, -0.1) is 0 Å². The highest BCUT2D eigenvalue weighted by atomic mass is 16.5. The molecule has 172 valence electrons. The molecule has 1 atom stereocenters. The van der Waals surface area contributed by atoms with Gasteiger partial charge in [0, 0.05) is 17.3 Å². The third kappa shape index (κ3) is 3.77. The summed E-state index contributed by atoms with van der Waals surface area (Å²) in [6.07, 6.45) is -1.06. The average molecular weight is 455 g/mol. The molecule has 0 amide bonds. The van der Waals surface area contributed by atoms with E-state index in [9.17, 15) is 15.0 Å². The molecule has 5 rings (SSSR count). The Labute approximate surface area is 196 Å². The van der Waals surface area contributed by atoms with Crippen LogP contribution >= 0.6 is 0 Å². The molecule has 0 aliphatic heterocycles. The van der Waals surface area contributed by atoms with E-state index in [1.54, 1.807) is 11.7 Å². The molecule has 0 saturated carbocycles. The van der Waals surface area contributed by atoms with E-state index < -0.39 is 12.7 Å². The molecule has 0 radical (unpaired) electrons. The van der Waals surface area contributed by atoms with Gasteiger partial charge in [-0.3, -0.25) is 4.79 Å². The van der Waals surface area contributed by atoms with Gasteiger partial charge in [0.1, 0.15) is 11.3 Å². The van der Waals surface area contributed by atoms with Crippen LogP contribution in [0.25, 0.3) is 33.1 Å². The zero-order valence-corrected chi connectivity index (χ0v) is 18.9. The van der Waals surface area contributed by atoms with E-state index in [4.69, 9.17) is 4.74 Å². The third-order valence-corrected chi connectivity index (χ3v) is 6.18. The first kappa shape index (κ1) is 21.9. The molecule has 6 nitrogen and oxygen atoms in total. The molecule has 0 bridgehead atoms. The normalized spacial score (nSPS) is 12.3. The number of nitrogens with zero attached hydrogens (tertiary/aromatic N) is 2. The number of hydrogen-bond donors (Lipinski definition) is 2. The van der Waals surface area contributed by atoms with Gasteiger partial charge in [0.2, 0.25) is 0 Å². The highest BCUT2D eigenvalue weighted by molar-refractivity contribution is 6.10. The molecular formula is C28H26N2O4. The van der Waals surface area contributed by atoms with Crippen molar-refractivity contribution in [3.63, 3.8) is 0 Å². The Kier molecular flexibility index (Phi) is 5.92. The fourth-order valence-corrected chi connectivity index (χ4v) is 4.62. The van der Waals surface area contributed by atoms with Crippen molar-refractivity contribution in [1.29, 1.82) is 0 Å². The Balaban J connectivity index is 1.89. The van der Waals surface area contributed by atoms with Gasteiger partial charge in [-0.25, -0.2) is 0 Å². The van der Waals surface area contributed by atoms with E-state index in [1.165, 1.54) is 0 Å². The van der Waals surface area contributed by atoms with E-state index in [1.807, 2.05) is 89.5 Å². The highest BCUT2D eigenvalue weighted by Gasteiger charge is 2.22. The molecule has 3 aromatic carbocycles. The Morgan fingerprint density at radius 3 is 2.24 bits per heavy atom. The fourth-order valence-electron chi connectivity index (χ4n) is 4.62. The first-order chi connectivity index (χ1) is 16.6. The number of hydrogen-bond acceptors (Lipinski definition) is 4. The molecule has 0 spiro atoms. The van der Waals surface area contributed by atoms with Crippen molar-refractivity contribution in [3.8, 4) is 17.0 Å². The van der Waals surface area contributed by atoms with Crippen LogP contribution in [-0.2, 0) is 13.1 Å². The van der Waals surface area contributed by atoms with Gasteiger partial charge < -0.3 is 24.1 Å². The lowest BCUT2D eigenvalue weighted by Gasteiger charge is -2.17. The Bertz CT molecular complexity index is 1500. The number of rotatable bonds is 7. The van der Waals surface area contributed by atoms with Gasteiger partial charge in [0.25, 0.3) is 5.56 Å². The third-order valence-electron chi connectivity index (χ3n) is 6.18. The number of benzene rings is 3. The SMILES string of the molecule is COc1cccc2c3cc(-c4ccccc4)n(CC(O)CO)c(=O)c3n(Cc3ccccc3)c12. The summed E-state index contributed by atoms with van der Waals surface area (Å²) in [6, 6.07) is 27.4. The van der Waals surface area contributed by atoms with Gasteiger partial charge in [0.05, 0.1) is 37.6 Å². The summed E-state index contributed by atoms with van der Waals surface area (Å²) in [5.74, 6) is 0.687. The molecule has 0 saturated heterocycles. The van der Waals surface area contributed by atoms with Crippen molar-refractivity contribution in [2.75, 3.05) is 13.7 Å². The predicted octanol–water partition coefficient (Wildman–Crippen LogP) is 4.03. The molecule has 2 aromatic heterocycles. The number of aromatic nitrogens is 2. The smallest absolute Gasteiger partial charge is 0.275 e. The Morgan fingerprint density at radius 2 is 1.56 bits per heavy atom. The Hall–Kier alpha value is -3.87. The van der Waals surface area contributed by atoms with E-state index >= 15 is 0 Å². The quantitative estimate of drug-likeness (QED) is 0.389. The molecule has 0 aliphatic carbocycles. The summed E-state index contributed by atoms with van der Waals surface area (Å²) < 4.78 is 9.26. The van der Waals surface area contributed by atoms with E-state index in [-0.39, 0.29) is 12.1 Å². The lowest BCUT2D eigenvalue weighted by atomic mass is 10.1. The minimum absolute atomic E-state index is 0.0144. The molecule has 5 aromatic rings. The van der Waals surface area contributed by atoms with Crippen molar-refractivity contribution in [2.24, 2.45) is 0 Å². The van der Waals surface area contributed by atoms with Crippen LogP contribution in [0.1, 0.15) is 5.56 Å². The van der Waals surface area contributed by atoms with Crippen LogP contribution in [0.5, 0.6) is 5.75 Å². The van der Waals surface area contributed by atoms with E-state index in [2.05, 4.69) is 0 Å². The average Bonchev–Trinajstić information content (AvgIpc) is 3.20. The first-order valence-corrected chi connectivity index (χ1v) is 11.2. The minimum atomic E-state index is -1.06. The van der Waals surface area contributed by atoms with Crippen LogP contribution in [0.15, 0.2) is 89.7 Å². The second-order valence-corrected chi connectivity index (χ2v) is 8.34. The molecule has 2 N–H and O–H groups in total. The maximum atomic E-state index is 14.1. The molecule has 34 heavy (non-hydrogen) atoms. The number of methoxy groups -OCH3 is 1. The lowest BCUT2D eigenvalue weighted by Crippen LogP contribution is -2.30. The number of ether oxygens (including phenoxy) is 1. The molecule has 0 aliphatic rings. The van der Waals surface area contributed by atoms with Crippen molar-refractivity contribution in [1.82, 2.24) is 9.13 Å². The molecule has 1 unspecified atom stereocenters.